The van der Waals surface area contributed by atoms with Gasteiger partial charge in [-0.1, -0.05) is 49.4 Å². The number of hydrogen-bond donors (Lipinski definition) is 1. The second-order valence-electron chi connectivity index (χ2n) is 9.55. The molecular weight excluding hydrogens is 480 g/mol. The largest absolute Gasteiger partial charge is 0.461 e. The van der Waals surface area contributed by atoms with E-state index in [4.69, 9.17) is 13.9 Å². The molecule has 192 valence electrons. The van der Waals surface area contributed by atoms with E-state index in [2.05, 4.69) is 5.32 Å². The van der Waals surface area contributed by atoms with Gasteiger partial charge in [0.05, 0.1) is 5.92 Å². The maximum atomic E-state index is 13.2. The van der Waals surface area contributed by atoms with Crippen LogP contribution >= 0.6 is 0 Å². The highest BCUT2D eigenvalue weighted by molar-refractivity contribution is 5.96. The van der Waals surface area contributed by atoms with E-state index in [1.54, 1.807) is 18.2 Å². The van der Waals surface area contributed by atoms with Crippen molar-refractivity contribution in [2.24, 2.45) is 0 Å². The molecule has 0 radical (unpaired) electrons. The molecular formula is C31H28N2O5. The first-order valence-electron chi connectivity index (χ1n) is 12.9. The number of carbonyl (C=O) groups is 2. The van der Waals surface area contributed by atoms with Crippen molar-refractivity contribution in [2.45, 2.75) is 32.2 Å². The normalized spacial score (nSPS) is 14.6. The smallest absolute Gasteiger partial charge is 0.254 e. The number of hydrogen-bond acceptors (Lipinski definition) is 5. The maximum Gasteiger partial charge on any atom is 0.254 e. The van der Waals surface area contributed by atoms with Crippen LogP contribution in [0.2, 0.25) is 0 Å². The van der Waals surface area contributed by atoms with Crippen LogP contribution in [0.4, 0.5) is 5.69 Å². The number of ether oxygens (including phenoxy) is 2. The van der Waals surface area contributed by atoms with Gasteiger partial charge >= 0.3 is 0 Å². The molecule has 1 atom stereocenters. The lowest BCUT2D eigenvalue weighted by molar-refractivity contribution is -0.117. The van der Waals surface area contributed by atoms with Crippen molar-refractivity contribution >= 4 is 17.5 Å². The van der Waals surface area contributed by atoms with Crippen molar-refractivity contribution in [1.82, 2.24) is 4.90 Å². The first-order chi connectivity index (χ1) is 18.6. The number of fused-ring (bicyclic) bond motifs is 2. The summed E-state index contributed by atoms with van der Waals surface area (Å²) >= 11 is 0. The second-order valence-corrected chi connectivity index (χ2v) is 9.55. The summed E-state index contributed by atoms with van der Waals surface area (Å²) in [7, 11) is 0. The molecule has 0 saturated heterocycles. The lowest BCUT2D eigenvalue weighted by Gasteiger charge is -2.26. The summed E-state index contributed by atoms with van der Waals surface area (Å²) in [5.74, 6) is 2.56. The van der Waals surface area contributed by atoms with Crippen molar-refractivity contribution in [3.05, 3.63) is 101 Å². The third-order valence-corrected chi connectivity index (χ3v) is 7.11. The first kappa shape index (κ1) is 23.9. The highest BCUT2D eigenvalue weighted by Gasteiger charge is 2.27. The molecule has 1 unspecified atom stereocenters. The standard InChI is InChI=1S/C31H28N2O5/c1-2-25(20-7-4-3-5-8-20)30(34)32-24-10-6-9-21(15-24)28-17-23-18-33(14-13-26(23)38-28)31(35)22-11-12-27-29(16-22)37-19-36-27/h3-12,15-17,25H,2,13-14,18-19H2,1H3,(H,32,34). The van der Waals surface area contributed by atoms with E-state index in [0.29, 0.717) is 43.0 Å². The summed E-state index contributed by atoms with van der Waals surface area (Å²) in [6.07, 6.45) is 1.35. The molecule has 3 heterocycles. The van der Waals surface area contributed by atoms with Crippen LogP contribution in [0.3, 0.4) is 0 Å². The Kier molecular flexibility index (Phi) is 6.33. The fraction of sp³-hybridized carbons (Fsp3) is 0.226. The molecule has 1 aromatic heterocycles. The topological polar surface area (TPSA) is 81.0 Å². The van der Waals surface area contributed by atoms with Crippen LogP contribution in [0.15, 0.2) is 83.3 Å². The van der Waals surface area contributed by atoms with Crippen molar-refractivity contribution in [3.8, 4) is 22.8 Å². The average molecular weight is 509 g/mol. The lowest BCUT2D eigenvalue weighted by Crippen LogP contribution is -2.35. The predicted molar refractivity (Wildman–Crippen MR) is 143 cm³/mol. The summed E-state index contributed by atoms with van der Waals surface area (Å²) < 4.78 is 17.0. The van der Waals surface area contributed by atoms with E-state index >= 15 is 0 Å². The molecule has 2 amide bonds. The number of anilines is 1. The Labute approximate surface area is 221 Å². The lowest BCUT2D eigenvalue weighted by atomic mass is 9.95. The molecule has 2 aliphatic rings. The van der Waals surface area contributed by atoms with Gasteiger partial charge in [-0.2, -0.15) is 0 Å². The van der Waals surface area contributed by atoms with Crippen molar-refractivity contribution in [3.63, 3.8) is 0 Å². The summed E-state index contributed by atoms with van der Waals surface area (Å²) in [5.41, 5.74) is 4.16. The third kappa shape index (κ3) is 4.63. The fourth-order valence-electron chi connectivity index (χ4n) is 5.10. The maximum absolute atomic E-state index is 13.2. The van der Waals surface area contributed by atoms with Crippen LogP contribution < -0.4 is 14.8 Å². The van der Waals surface area contributed by atoms with E-state index in [0.717, 1.165) is 33.9 Å². The SMILES string of the molecule is CCC(C(=O)Nc1cccc(-c2cc3c(o2)CCN(C(=O)c2ccc4c(c2)OCO4)C3)c1)c1ccccc1. The Bertz CT molecular complexity index is 1490. The van der Waals surface area contributed by atoms with Crippen LogP contribution in [-0.4, -0.2) is 30.1 Å². The Morgan fingerprint density at radius 2 is 1.79 bits per heavy atom. The van der Waals surface area contributed by atoms with E-state index in [-0.39, 0.29) is 24.5 Å². The molecule has 2 aliphatic heterocycles. The first-order valence-corrected chi connectivity index (χ1v) is 12.9. The minimum atomic E-state index is -0.218. The average Bonchev–Trinajstić information content (AvgIpc) is 3.60. The quantitative estimate of drug-likeness (QED) is 0.345. The zero-order valence-electron chi connectivity index (χ0n) is 21.1. The molecule has 0 spiro atoms. The van der Waals surface area contributed by atoms with Crippen LogP contribution in [0.25, 0.3) is 11.3 Å². The molecule has 0 saturated carbocycles. The van der Waals surface area contributed by atoms with Gasteiger partial charge in [0.25, 0.3) is 5.91 Å². The summed E-state index contributed by atoms with van der Waals surface area (Å²) in [6.45, 7) is 3.23. The number of nitrogens with zero attached hydrogens (tertiary/aromatic N) is 1. The van der Waals surface area contributed by atoms with Gasteiger partial charge in [0.2, 0.25) is 12.7 Å². The Hall–Kier alpha value is -4.52. The molecule has 6 rings (SSSR count). The molecule has 3 aromatic carbocycles. The minimum absolute atomic E-state index is 0.0349. The van der Waals surface area contributed by atoms with Crippen molar-refractivity contribution in [1.29, 1.82) is 0 Å². The fourth-order valence-corrected chi connectivity index (χ4v) is 5.10. The molecule has 38 heavy (non-hydrogen) atoms. The Balaban J connectivity index is 1.17. The zero-order valence-corrected chi connectivity index (χ0v) is 21.1. The van der Waals surface area contributed by atoms with Gasteiger partial charge in [-0.15, -0.1) is 0 Å². The number of rotatable bonds is 6. The van der Waals surface area contributed by atoms with Gasteiger partial charge in [0.1, 0.15) is 11.5 Å². The molecule has 7 heteroatoms. The van der Waals surface area contributed by atoms with Crippen LogP contribution in [0.5, 0.6) is 11.5 Å². The molecule has 0 aliphatic carbocycles. The van der Waals surface area contributed by atoms with Crippen molar-refractivity contribution in [2.75, 3.05) is 18.7 Å². The van der Waals surface area contributed by atoms with Gasteiger partial charge in [-0.05, 0) is 48.4 Å². The van der Waals surface area contributed by atoms with Gasteiger partial charge in [-0.25, -0.2) is 0 Å². The summed E-state index contributed by atoms with van der Waals surface area (Å²) in [5, 5.41) is 3.07. The zero-order chi connectivity index (χ0) is 26.1. The predicted octanol–water partition coefficient (Wildman–Crippen LogP) is 6.01. The van der Waals surface area contributed by atoms with Gasteiger partial charge in [0.15, 0.2) is 11.5 Å². The minimum Gasteiger partial charge on any atom is -0.461 e. The van der Waals surface area contributed by atoms with Gasteiger partial charge in [-0.3, -0.25) is 9.59 Å². The van der Waals surface area contributed by atoms with Gasteiger partial charge in [0, 0.05) is 41.9 Å². The monoisotopic (exact) mass is 508 g/mol. The van der Waals surface area contributed by atoms with E-state index in [9.17, 15) is 9.59 Å². The number of amides is 2. The van der Waals surface area contributed by atoms with Crippen molar-refractivity contribution < 1.29 is 23.5 Å². The molecule has 0 bridgehead atoms. The summed E-state index contributed by atoms with van der Waals surface area (Å²) in [6, 6.07) is 24.8. The molecule has 7 nitrogen and oxygen atoms in total. The van der Waals surface area contributed by atoms with Crippen LogP contribution in [0.1, 0.15) is 46.5 Å². The Morgan fingerprint density at radius 3 is 2.63 bits per heavy atom. The number of furan rings is 1. The number of carbonyl (C=O) groups excluding carboxylic acids is 2. The number of benzene rings is 3. The highest BCUT2D eigenvalue weighted by atomic mass is 16.7. The Morgan fingerprint density at radius 1 is 0.947 bits per heavy atom. The van der Waals surface area contributed by atoms with E-state index < -0.39 is 0 Å². The molecule has 0 fully saturated rings. The molecule has 1 N–H and O–H groups in total. The van der Waals surface area contributed by atoms with Crippen LogP contribution in [0, 0.1) is 0 Å². The highest BCUT2D eigenvalue weighted by Crippen LogP contribution is 2.35. The van der Waals surface area contributed by atoms with Crippen LogP contribution in [-0.2, 0) is 17.8 Å². The van der Waals surface area contributed by atoms with Gasteiger partial charge < -0.3 is 24.1 Å². The second kappa shape index (κ2) is 10.1. The summed E-state index contributed by atoms with van der Waals surface area (Å²) in [4.78, 5) is 28.0. The van der Waals surface area contributed by atoms with E-state index in [1.165, 1.54) is 0 Å². The van der Waals surface area contributed by atoms with E-state index in [1.807, 2.05) is 72.5 Å². The molecule has 4 aromatic rings. The number of nitrogens with one attached hydrogen (secondary N) is 1. The third-order valence-electron chi connectivity index (χ3n) is 7.11.